The molecule has 0 amide bonds. The van der Waals surface area contributed by atoms with Gasteiger partial charge in [-0.1, -0.05) is 128 Å². The Hall–Kier alpha value is -6.85. The Bertz CT molecular complexity index is 3170. The van der Waals surface area contributed by atoms with Gasteiger partial charge in [0.05, 0.1) is 16.6 Å². The second kappa shape index (κ2) is 11.6. The molecule has 5 heteroatoms. The van der Waals surface area contributed by atoms with Crippen LogP contribution in [0, 0.1) is 0 Å². The van der Waals surface area contributed by atoms with Crippen LogP contribution < -0.4 is 0 Å². The molecule has 2 aliphatic carbocycles. The molecule has 10 aromatic rings. The molecule has 260 valence electrons. The summed E-state index contributed by atoms with van der Waals surface area (Å²) in [5, 5.41) is 4.64. The van der Waals surface area contributed by atoms with Crippen molar-refractivity contribution >= 4 is 43.7 Å². The number of benzene rings is 7. The van der Waals surface area contributed by atoms with Gasteiger partial charge in [-0.25, -0.2) is 15.0 Å². The van der Waals surface area contributed by atoms with Crippen molar-refractivity contribution in [2.24, 2.45) is 0 Å². The molecule has 0 saturated heterocycles. The molecule has 0 unspecified atom stereocenters. The van der Waals surface area contributed by atoms with E-state index in [1.165, 1.54) is 69.7 Å². The summed E-state index contributed by atoms with van der Waals surface area (Å²) in [6.07, 6.45) is 4.93. The van der Waals surface area contributed by atoms with Crippen molar-refractivity contribution < 1.29 is 4.42 Å². The van der Waals surface area contributed by atoms with Gasteiger partial charge in [0.1, 0.15) is 11.2 Å². The smallest absolute Gasteiger partial charge is 0.167 e. The Labute approximate surface area is 317 Å². The van der Waals surface area contributed by atoms with Crippen molar-refractivity contribution in [3.8, 4) is 51.0 Å². The summed E-state index contributed by atoms with van der Waals surface area (Å²) in [7, 11) is 0. The second-order valence-corrected chi connectivity index (χ2v) is 15.1. The number of fused-ring (bicyclic) bond motifs is 11. The number of hydrogen-bond acceptors (Lipinski definition) is 4. The highest BCUT2D eigenvalue weighted by Crippen LogP contribution is 2.58. The summed E-state index contributed by atoms with van der Waals surface area (Å²) in [5.41, 5.74) is 13.7. The number of furan rings is 1. The molecule has 0 N–H and O–H groups in total. The van der Waals surface area contributed by atoms with E-state index < -0.39 is 0 Å². The largest absolute Gasteiger partial charge is 0.455 e. The second-order valence-electron chi connectivity index (χ2n) is 15.1. The zero-order valence-corrected chi connectivity index (χ0v) is 30.0. The Kier molecular flexibility index (Phi) is 6.44. The van der Waals surface area contributed by atoms with Crippen LogP contribution in [-0.2, 0) is 5.41 Å². The third-order valence-corrected chi connectivity index (χ3v) is 12.2. The molecule has 0 atom stereocenters. The fourth-order valence-corrected chi connectivity index (χ4v) is 9.76. The molecule has 0 aliphatic heterocycles. The minimum absolute atomic E-state index is 0.0844. The van der Waals surface area contributed by atoms with Crippen molar-refractivity contribution in [1.29, 1.82) is 0 Å². The Morgan fingerprint density at radius 2 is 1.13 bits per heavy atom. The maximum atomic E-state index is 6.46. The van der Waals surface area contributed by atoms with Crippen LogP contribution in [-0.4, -0.2) is 19.5 Å². The number of hydrogen-bond donors (Lipinski definition) is 0. The van der Waals surface area contributed by atoms with Crippen LogP contribution in [0.1, 0.15) is 36.8 Å². The monoisotopic (exact) mass is 706 g/mol. The van der Waals surface area contributed by atoms with Crippen LogP contribution >= 0.6 is 0 Å². The molecule has 7 aromatic carbocycles. The summed E-state index contributed by atoms with van der Waals surface area (Å²) < 4.78 is 8.90. The first-order valence-corrected chi connectivity index (χ1v) is 19.2. The van der Waals surface area contributed by atoms with Crippen molar-refractivity contribution in [1.82, 2.24) is 19.5 Å². The van der Waals surface area contributed by atoms with Gasteiger partial charge in [-0.3, -0.25) is 0 Å². The first-order valence-electron chi connectivity index (χ1n) is 19.2. The van der Waals surface area contributed by atoms with Gasteiger partial charge >= 0.3 is 0 Å². The third kappa shape index (κ3) is 4.44. The van der Waals surface area contributed by atoms with Crippen molar-refractivity contribution in [2.75, 3.05) is 0 Å². The van der Waals surface area contributed by atoms with Gasteiger partial charge in [0.25, 0.3) is 0 Å². The molecule has 55 heavy (non-hydrogen) atoms. The van der Waals surface area contributed by atoms with Crippen LogP contribution in [0.5, 0.6) is 0 Å². The molecule has 1 saturated carbocycles. The minimum Gasteiger partial charge on any atom is -0.455 e. The van der Waals surface area contributed by atoms with E-state index in [1.807, 2.05) is 54.6 Å². The zero-order chi connectivity index (χ0) is 36.1. The van der Waals surface area contributed by atoms with Crippen molar-refractivity contribution in [3.63, 3.8) is 0 Å². The van der Waals surface area contributed by atoms with Crippen LogP contribution in [0.25, 0.3) is 94.7 Å². The van der Waals surface area contributed by atoms with E-state index in [2.05, 4.69) is 108 Å². The van der Waals surface area contributed by atoms with Crippen molar-refractivity contribution in [2.45, 2.75) is 31.1 Å². The highest BCUT2D eigenvalue weighted by Gasteiger charge is 2.45. The number of rotatable bonds is 4. The van der Waals surface area contributed by atoms with Gasteiger partial charge in [-0.2, -0.15) is 0 Å². The SMILES string of the molecule is c1ccc(-c2nc(-c3cccc(-n4c5ccccc5c5cc6c(cc54)C4(CCCC4)c4ccccc4-6)c3)nc(-c3cccc4c3oc3ccccc34)n2)cc1. The van der Waals surface area contributed by atoms with Gasteiger partial charge in [-0.05, 0) is 77.6 Å². The predicted molar refractivity (Wildman–Crippen MR) is 222 cm³/mol. The van der Waals surface area contributed by atoms with Gasteiger partial charge in [0.2, 0.25) is 0 Å². The molecule has 2 aliphatic rings. The van der Waals surface area contributed by atoms with Crippen LogP contribution in [0.15, 0.2) is 162 Å². The highest BCUT2D eigenvalue weighted by atomic mass is 16.3. The van der Waals surface area contributed by atoms with E-state index >= 15 is 0 Å². The fraction of sp³-hybridized carbons (Fsp3) is 0.100. The maximum Gasteiger partial charge on any atom is 0.167 e. The third-order valence-electron chi connectivity index (χ3n) is 12.2. The Morgan fingerprint density at radius 1 is 0.455 bits per heavy atom. The maximum absolute atomic E-state index is 6.46. The summed E-state index contributed by atoms with van der Waals surface area (Å²) in [5.74, 6) is 1.81. The van der Waals surface area contributed by atoms with Crippen LogP contribution in [0.2, 0.25) is 0 Å². The van der Waals surface area contributed by atoms with Crippen molar-refractivity contribution in [3.05, 3.63) is 169 Å². The number of nitrogens with zero attached hydrogens (tertiary/aromatic N) is 4. The van der Waals surface area contributed by atoms with Crippen LogP contribution in [0.3, 0.4) is 0 Å². The molecular weight excluding hydrogens is 673 g/mol. The average Bonchev–Trinajstić information content (AvgIpc) is 4.03. The summed E-state index contributed by atoms with van der Waals surface area (Å²) >= 11 is 0. The summed E-state index contributed by atoms with van der Waals surface area (Å²) in [6, 6.07) is 56.1. The van der Waals surface area contributed by atoms with Gasteiger partial charge in [-0.15, -0.1) is 0 Å². The molecule has 5 nitrogen and oxygen atoms in total. The van der Waals surface area contributed by atoms with E-state index in [1.54, 1.807) is 0 Å². The van der Waals surface area contributed by atoms with Crippen LogP contribution in [0.4, 0.5) is 0 Å². The van der Waals surface area contributed by atoms with E-state index in [4.69, 9.17) is 19.4 Å². The lowest BCUT2D eigenvalue weighted by Gasteiger charge is -2.26. The van der Waals surface area contributed by atoms with E-state index in [9.17, 15) is 0 Å². The molecular formula is C50H34N4O. The fourth-order valence-electron chi connectivity index (χ4n) is 9.76. The topological polar surface area (TPSA) is 56.7 Å². The number of para-hydroxylation sites is 3. The normalized spacial score (nSPS) is 14.4. The molecule has 12 rings (SSSR count). The quantitative estimate of drug-likeness (QED) is 0.183. The first-order chi connectivity index (χ1) is 27.2. The Balaban J connectivity index is 1.07. The molecule has 3 heterocycles. The minimum atomic E-state index is 0.0844. The van der Waals surface area contributed by atoms with Gasteiger partial charge in [0, 0.05) is 43.8 Å². The highest BCUT2D eigenvalue weighted by molar-refractivity contribution is 6.12. The lowest BCUT2D eigenvalue weighted by atomic mass is 9.76. The average molecular weight is 707 g/mol. The van der Waals surface area contributed by atoms with E-state index in [-0.39, 0.29) is 5.41 Å². The summed E-state index contributed by atoms with van der Waals surface area (Å²) in [6.45, 7) is 0. The Morgan fingerprint density at radius 3 is 2.02 bits per heavy atom. The van der Waals surface area contributed by atoms with E-state index in [0.29, 0.717) is 17.5 Å². The predicted octanol–water partition coefficient (Wildman–Crippen LogP) is 12.7. The standard InChI is InChI=1S/C50H34N4O/c1-2-14-31(15-3-1)47-51-48(53-49(52-47)38-22-13-21-37-36-20-6-9-25-45(36)55-46(37)38)32-16-12-17-33(28-32)54-43-24-8-5-19-35(43)40-29-39-34-18-4-7-23-41(34)50(26-10-11-27-50)42(39)30-44(40)54/h1-9,12-25,28-30H,10-11,26-27H2. The first kappa shape index (κ1) is 30.6. The van der Waals surface area contributed by atoms with Gasteiger partial charge < -0.3 is 8.98 Å². The molecule has 1 spiro atoms. The molecule has 0 radical (unpaired) electrons. The molecule has 1 fully saturated rings. The summed E-state index contributed by atoms with van der Waals surface area (Å²) in [4.78, 5) is 15.4. The molecule has 3 aromatic heterocycles. The van der Waals surface area contributed by atoms with E-state index in [0.717, 1.165) is 44.3 Å². The number of aromatic nitrogens is 4. The lowest BCUT2D eigenvalue weighted by Crippen LogP contribution is -2.20. The van der Waals surface area contributed by atoms with Gasteiger partial charge in [0.15, 0.2) is 17.5 Å². The molecule has 0 bridgehead atoms. The lowest BCUT2D eigenvalue weighted by molar-refractivity contribution is 0.550. The zero-order valence-electron chi connectivity index (χ0n) is 30.0.